The predicted octanol–water partition coefficient (Wildman–Crippen LogP) is 1.85. The van der Waals surface area contributed by atoms with Crippen LogP contribution >= 0.6 is 0 Å². The fourth-order valence-electron chi connectivity index (χ4n) is 1.56. The zero-order valence-corrected chi connectivity index (χ0v) is 7.58. The SMILES string of the molecule is C=CN1CCCCN1C(C)C. The minimum atomic E-state index is 0.605. The summed E-state index contributed by atoms with van der Waals surface area (Å²) < 4.78 is 0. The van der Waals surface area contributed by atoms with Crippen molar-refractivity contribution in [2.45, 2.75) is 32.7 Å². The van der Waals surface area contributed by atoms with E-state index in [1.54, 1.807) is 0 Å². The van der Waals surface area contributed by atoms with Crippen molar-refractivity contribution in [3.63, 3.8) is 0 Å². The van der Waals surface area contributed by atoms with E-state index in [0.29, 0.717) is 6.04 Å². The summed E-state index contributed by atoms with van der Waals surface area (Å²) in [6, 6.07) is 0.605. The van der Waals surface area contributed by atoms with Gasteiger partial charge in [0.05, 0.1) is 0 Å². The van der Waals surface area contributed by atoms with E-state index in [4.69, 9.17) is 0 Å². The Balaban J connectivity index is 2.51. The van der Waals surface area contributed by atoms with E-state index < -0.39 is 0 Å². The third-order valence-electron chi connectivity index (χ3n) is 2.16. The topological polar surface area (TPSA) is 6.48 Å². The minimum absolute atomic E-state index is 0.605. The Hall–Kier alpha value is -0.500. The average molecular weight is 154 g/mol. The van der Waals surface area contributed by atoms with E-state index in [0.717, 1.165) is 6.54 Å². The summed E-state index contributed by atoms with van der Waals surface area (Å²) >= 11 is 0. The fraction of sp³-hybridized carbons (Fsp3) is 0.778. The summed E-state index contributed by atoms with van der Waals surface area (Å²) in [4.78, 5) is 0. The fourth-order valence-corrected chi connectivity index (χ4v) is 1.56. The third kappa shape index (κ3) is 1.96. The third-order valence-corrected chi connectivity index (χ3v) is 2.16. The molecule has 0 aromatic heterocycles. The van der Waals surface area contributed by atoms with Gasteiger partial charge in [-0.25, -0.2) is 5.01 Å². The van der Waals surface area contributed by atoms with Gasteiger partial charge >= 0.3 is 0 Å². The molecule has 0 amide bonds. The highest BCUT2D eigenvalue weighted by Crippen LogP contribution is 2.13. The summed E-state index contributed by atoms with van der Waals surface area (Å²) in [5, 5.41) is 4.60. The highest BCUT2D eigenvalue weighted by molar-refractivity contribution is 4.75. The highest BCUT2D eigenvalue weighted by Gasteiger charge is 2.18. The Bertz CT molecular complexity index is 132. The first kappa shape index (κ1) is 8.60. The standard InChI is InChI=1S/C9H18N2/c1-4-10-7-5-6-8-11(10)9(2)3/h4,9H,1,5-8H2,2-3H3. The molecule has 0 bridgehead atoms. The molecular formula is C9H18N2. The second-order valence-corrected chi connectivity index (χ2v) is 3.31. The second-order valence-electron chi connectivity index (χ2n) is 3.31. The van der Waals surface area contributed by atoms with Crippen LogP contribution in [0.15, 0.2) is 12.8 Å². The Morgan fingerprint density at radius 1 is 1.27 bits per heavy atom. The monoisotopic (exact) mass is 154 g/mol. The molecule has 1 fully saturated rings. The first-order valence-electron chi connectivity index (χ1n) is 4.41. The van der Waals surface area contributed by atoms with Crippen molar-refractivity contribution in [3.05, 3.63) is 12.8 Å². The van der Waals surface area contributed by atoms with Gasteiger partial charge in [-0.05, 0) is 26.7 Å². The van der Waals surface area contributed by atoms with Crippen molar-refractivity contribution in [2.75, 3.05) is 13.1 Å². The molecule has 0 spiro atoms. The van der Waals surface area contributed by atoms with Crippen LogP contribution in [0.1, 0.15) is 26.7 Å². The predicted molar refractivity (Wildman–Crippen MR) is 48.0 cm³/mol. The molecule has 1 aliphatic rings. The van der Waals surface area contributed by atoms with Gasteiger partial charge in [0.1, 0.15) is 0 Å². The largest absolute Gasteiger partial charge is 0.313 e. The van der Waals surface area contributed by atoms with Gasteiger partial charge in [0.25, 0.3) is 0 Å². The maximum absolute atomic E-state index is 3.80. The summed E-state index contributed by atoms with van der Waals surface area (Å²) in [7, 11) is 0. The first-order valence-corrected chi connectivity index (χ1v) is 4.41. The van der Waals surface area contributed by atoms with E-state index in [9.17, 15) is 0 Å². The summed E-state index contributed by atoms with van der Waals surface area (Å²) in [6.07, 6.45) is 4.55. The van der Waals surface area contributed by atoms with Crippen molar-refractivity contribution in [3.8, 4) is 0 Å². The van der Waals surface area contributed by atoms with E-state index in [1.165, 1.54) is 19.4 Å². The number of rotatable bonds is 2. The van der Waals surface area contributed by atoms with Crippen LogP contribution in [0.4, 0.5) is 0 Å². The van der Waals surface area contributed by atoms with Crippen molar-refractivity contribution in [1.29, 1.82) is 0 Å². The molecule has 0 aromatic rings. The van der Waals surface area contributed by atoms with Gasteiger partial charge in [-0.1, -0.05) is 6.58 Å². The normalized spacial score (nSPS) is 20.8. The average Bonchev–Trinajstić information content (AvgIpc) is 2.04. The number of hydrogen-bond acceptors (Lipinski definition) is 2. The van der Waals surface area contributed by atoms with Gasteiger partial charge in [-0.3, -0.25) is 0 Å². The van der Waals surface area contributed by atoms with Crippen LogP contribution in [0.25, 0.3) is 0 Å². The molecule has 0 saturated carbocycles. The van der Waals surface area contributed by atoms with E-state index in [1.807, 2.05) is 6.20 Å². The number of hydrogen-bond donors (Lipinski definition) is 0. The zero-order valence-electron chi connectivity index (χ0n) is 7.58. The minimum Gasteiger partial charge on any atom is -0.313 e. The van der Waals surface area contributed by atoms with Gasteiger partial charge in [-0.2, -0.15) is 0 Å². The molecule has 0 N–H and O–H groups in total. The van der Waals surface area contributed by atoms with Gasteiger partial charge in [0, 0.05) is 25.3 Å². The van der Waals surface area contributed by atoms with E-state index >= 15 is 0 Å². The van der Waals surface area contributed by atoms with Gasteiger partial charge in [0.15, 0.2) is 0 Å². The molecule has 64 valence electrons. The lowest BCUT2D eigenvalue weighted by Crippen LogP contribution is -2.47. The van der Waals surface area contributed by atoms with Crippen LogP contribution in [0.2, 0.25) is 0 Å². The number of nitrogens with zero attached hydrogens (tertiary/aromatic N) is 2. The summed E-state index contributed by atoms with van der Waals surface area (Å²) in [5.74, 6) is 0. The lowest BCUT2D eigenvalue weighted by molar-refractivity contribution is -0.0330. The molecule has 1 rings (SSSR count). The maximum atomic E-state index is 3.80. The van der Waals surface area contributed by atoms with Crippen molar-refractivity contribution in [2.24, 2.45) is 0 Å². The van der Waals surface area contributed by atoms with Crippen LogP contribution in [0, 0.1) is 0 Å². The van der Waals surface area contributed by atoms with Crippen LogP contribution in [-0.4, -0.2) is 29.1 Å². The Morgan fingerprint density at radius 2 is 1.91 bits per heavy atom. The van der Waals surface area contributed by atoms with Gasteiger partial charge < -0.3 is 5.01 Å². The maximum Gasteiger partial charge on any atom is 0.0340 e. The smallest absolute Gasteiger partial charge is 0.0340 e. The van der Waals surface area contributed by atoms with Crippen molar-refractivity contribution in [1.82, 2.24) is 10.0 Å². The molecule has 1 heterocycles. The lowest BCUT2D eigenvalue weighted by atomic mass is 10.2. The summed E-state index contributed by atoms with van der Waals surface area (Å²) in [6.45, 7) is 10.6. The van der Waals surface area contributed by atoms with E-state index in [2.05, 4.69) is 30.4 Å². The highest BCUT2D eigenvalue weighted by atomic mass is 15.6. The van der Waals surface area contributed by atoms with Crippen molar-refractivity contribution >= 4 is 0 Å². The molecular weight excluding hydrogens is 136 g/mol. The number of hydrazine groups is 1. The molecule has 2 heteroatoms. The molecule has 0 unspecified atom stereocenters. The molecule has 0 aromatic carbocycles. The zero-order chi connectivity index (χ0) is 8.27. The molecule has 0 aliphatic carbocycles. The summed E-state index contributed by atoms with van der Waals surface area (Å²) in [5.41, 5.74) is 0. The molecule has 0 atom stereocenters. The Kier molecular flexibility index (Phi) is 2.94. The molecule has 1 aliphatic heterocycles. The lowest BCUT2D eigenvalue weighted by Gasteiger charge is -2.40. The second kappa shape index (κ2) is 3.77. The molecule has 2 nitrogen and oxygen atoms in total. The van der Waals surface area contributed by atoms with Crippen molar-refractivity contribution < 1.29 is 0 Å². The molecule has 1 saturated heterocycles. The van der Waals surface area contributed by atoms with Crippen LogP contribution in [0.3, 0.4) is 0 Å². The molecule has 0 radical (unpaired) electrons. The Morgan fingerprint density at radius 3 is 2.36 bits per heavy atom. The van der Waals surface area contributed by atoms with Gasteiger partial charge in [0.2, 0.25) is 0 Å². The van der Waals surface area contributed by atoms with Gasteiger partial charge in [-0.15, -0.1) is 0 Å². The first-order chi connectivity index (χ1) is 5.25. The van der Waals surface area contributed by atoms with Crippen LogP contribution in [0.5, 0.6) is 0 Å². The van der Waals surface area contributed by atoms with E-state index in [-0.39, 0.29) is 0 Å². The van der Waals surface area contributed by atoms with Crippen LogP contribution < -0.4 is 0 Å². The Labute approximate surface area is 69.5 Å². The molecule has 11 heavy (non-hydrogen) atoms. The van der Waals surface area contributed by atoms with Crippen LogP contribution in [-0.2, 0) is 0 Å². The quantitative estimate of drug-likeness (QED) is 0.599.